The summed E-state index contributed by atoms with van der Waals surface area (Å²) in [6, 6.07) is 6.54. The van der Waals surface area contributed by atoms with E-state index < -0.39 is 5.97 Å². The number of carbonyl (C=O) groups excluding carboxylic acids is 3. The number of rotatable bonds is 7. The van der Waals surface area contributed by atoms with Crippen molar-refractivity contribution in [3.8, 4) is 0 Å². The van der Waals surface area contributed by atoms with Crippen molar-refractivity contribution < 1.29 is 24.3 Å². The molecular formula is C18H22N2O5. The highest BCUT2D eigenvalue weighted by molar-refractivity contribution is 6.03. The van der Waals surface area contributed by atoms with Gasteiger partial charge in [-0.3, -0.25) is 24.5 Å². The van der Waals surface area contributed by atoms with Crippen LogP contribution in [0.4, 0.5) is 0 Å². The molecule has 1 aromatic carbocycles. The Balaban J connectivity index is 2.09. The molecule has 134 valence electrons. The summed E-state index contributed by atoms with van der Waals surface area (Å²) in [7, 11) is 0. The number of nitrogens with zero attached hydrogens (tertiary/aromatic N) is 1. The molecule has 7 heteroatoms. The number of hydrogen-bond donors (Lipinski definition) is 2. The summed E-state index contributed by atoms with van der Waals surface area (Å²) in [5.74, 6) is -2.30. The second-order valence-corrected chi connectivity index (χ2v) is 6.30. The highest BCUT2D eigenvalue weighted by Gasteiger charge is 2.30. The Hall–Kier alpha value is -2.70. The van der Waals surface area contributed by atoms with Crippen LogP contribution < -0.4 is 5.32 Å². The third-order valence-electron chi connectivity index (χ3n) is 4.44. The highest BCUT2D eigenvalue weighted by Crippen LogP contribution is 2.18. The smallest absolute Gasteiger partial charge is 0.323 e. The van der Waals surface area contributed by atoms with Crippen molar-refractivity contribution in [2.75, 3.05) is 6.54 Å². The summed E-state index contributed by atoms with van der Waals surface area (Å²) in [6.45, 7) is 3.36. The van der Waals surface area contributed by atoms with E-state index in [1.54, 1.807) is 24.3 Å². The van der Waals surface area contributed by atoms with Gasteiger partial charge >= 0.3 is 5.97 Å². The van der Waals surface area contributed by atoms with Gasteiger partial charge in [0, 0.05) is 18.0 Å². The molecule has 0 radical (unpaired) electrons. The van der Waals surface area contributed by atoms with Gasteiger partial charge in [-0.05, 0) is 37.5 Å². The zero-order chi connectivity index (χ0) is 18.6. The van der Waals surface area contributed by atoms with Gasteiger partial charge in [-0.25, -0.2) is 0 Å². The van der Waals surface area contributed by atoms with E-state index in [-0.39, 0.29) is 42.6 Å². The monoisotopic (exact) mass is 346 g/mol. The Labute approximate surface area is 146 Å². The summed E-state index contributed by atoms with van der Waals surface area (Å²) >= 11 is 0. The van der Waals surface area contributed by atoms with Crippen LogP contribution in [0.25, 0.3) is 0 Å². The van der Waals surface area contributed by atoms with Crippen LogP contribution in [0.3, 0.4) is 0 Å². The van der Waals surface area contributed by atoms with E-state index in [1.807, 2.05) is 13.8 Å². The van der Waals surface area contributed by atoms with Crippen LogP contribution in [0, 0.1) is 5.92 Å². The number of imide groups is 1. The molecule has 7 nitrogen and oxygen atoms in total. The fourth-order valence-corrected chi connectivity index (χ4v) is 2.80. The van der Waals surface area contributed by atoms with Crippen LogP contribution in [0.5, 0.6) is 0 Å². The summed E-state index contributed by atoms with van der Waals surface area (Å²) in [4.78, 5) is 47.8. The van der Waals surface area contributed by atoms with Crippen molar-refractivity contribution in [1.82, 2.24) is 10.2 Å². The van der Waals surface area contributed by atoms with E-state index in [2.05, 4.69) is 5.32 Å². The van der Waals surface area contributed by atoms with Crippen LogP contribution in [0.15, 0.2) is 24.3 Å². The average molecular weight is 346 g/mol. The molecule has 0 spiro atoms. The van der Waals surface area contributed by atoms with E-state index in [4.69, 9.17) is 5.11 Å². The predicted molar refractivity (Wildman–Crippen MR) is 89.8 cm³/mol. The topological polar surface area (TPSA) is 104 Å². The van der Waals surface area contributed by atoms with Crippen molar-refractivity contribution in [1.29, 1.82) is 0 Å². The molecule has 1 aliphatic heterocycles. The van der Waals surface area contributed by atoms with Crippen molar-refractivity contribution in [2.45, 2.75) is 39.2 Å². The number of hydrogen-bond acceptors (Lipinski definition) is 4. The lowest BCUT2D eigenvalue weighted by atomic mass is 9.97. The number of carbonyl (C=O) groups is 4. The second kappa shape index (κ2) is 7.92. The third kappa shape index (κ3) is 4.65. The predicted octanol–water partition coefficient (Wildman–Crippen LogP) is 1.22. The minimum Gasteiger partial charge on any atom is -0.480 e. The Bertz CT molecular complexity index is 683. The molecule has 3 amide bonds. The molecule has 1 aromatic rings. The Morgan fingerprint density at radius 2 is 1.92 bits per heavy atom. The third-order valence-corrected chi connectivity index (χ3v) is 4.44. The van der Waals surface area contributed by atoms with Crippen LogP contribution in [0.2, 0.25) is 0 Å². The molecule has 25 heavy (non-hydrogen) atoms. The largest absolute Gasteiger partial charge is 0.480 e. The van der Waals surface area contributed by atoms with Gasteiger partial charge in [-0.2, -0.15) is 0 Å². The van der Waals surface area contributed by atoms with Crippen LogP contribution >= 0.6 is 0 Å². The SMILES string of the molecule is CCC(C)N(CC(=O)O)C(=O)c1ccc(CC2CC(=O)NC2=O)cc1. The molecule has 0 saturated carbocycles. The first-order valence-electron chi connectivity index (χ1n) is 8.27. The maximum absolute atomic E-state index is 12.6. The molecule has 2 rings (SSSR count). The first-order chi connectivity index (χ1) is 11.8. The molecule has 1 heterocycles. The molecule has 1 aliphatic rings. The van der Waals surface area contributed by atoms with Gasteiger partial charge in [0.1, 0.15) is 6.54 Å². The van der Waals surface area contributed by atoms with E-state index >= 15 is 0 Å². The minimum atomic E-state index is -1.05. The maximum atomic E-state index is 12.6. The molecule has 2 unspecified atom stereocenters. The van der Waals surface area contributed by atoms with Crippen molar-refractivity contribution >= 4 is 23.7 Å². The van der Waals surface area contributed by atoms with Crippen LogP contribution in [-0.4, -0.2) is 46.3 Å². The molecule has 1 saturated heterocycles. The van der Waals surface area contributed by atoms with Gasteiger partial charge in [0.15, 0.2) is 0 Å². The lowest BCUT2D eigenvalue weighted by Gasteiger charge is -2.27. The van der Waals surface area contributed by atoms with E-state index in [9.17, 15) is 19.2 Å². The number of benzene rings is 1. The van der Waals surface area contributed by atoms with Crippen LogP contribution in [0.1, 0.15) is 42.6 Å². The van der Waals surface area contributed by atoms with Crippen molar-refractivity contribution in [3.63, 3.8) is 0 Å². The first kappa shape index (κ1) is 18.6. The zero-order valence-electron chi connectivity index (χ0n) is 14.3. The van der Waals surface area contributed by atoms with Gasteiger partial charge < -0.3 is 10.0 Å². The summed E-state index contributed by atoms with van der Waals surface area (Å²) in [5, 5.41) is 11.3. The van der Waals surface area contributed by atoms with E-state index in [0.717, 1.165) is 5.56 Å². The lowest BCUT2D eigenvalue weighted by Crippen LogP contribution is -2.41. The minimum absolute atomic E-state index is 0.180. The van der Waals surface area contributed by atoms with E-state index in [0.29, 0.717) is 18.4 Å². The van der Waals surface area contributed by atoms with Gasteiger partial charge in [0.2, 0.25) is 11.8 Å². The first-order valence-corrected chi connectivity index (χ1v) is 8.27. The molecule has 0 bridgehead atoms. The molecule has 2 N–H and O–H groups in total. The number of carboxylic acid groups (broad SMARTS) is 1. The zero-order valence-corrected chi connectivity index (χ0v) is 14.3. The van der Waals surface area contributed by atoms with E-state index in [1.165, 1.54) is 4.90 Å². The Kier molecular flexibility index (Phi) is 5.90. The molecule has 0 aromatic heterocycles. The second-order valence-electron chi connectivity index (χ2n) is 6.30. The molecule has 0 aliphatic carbocycles. The van der Waals surface area contributed by atoms with Crippen molar-refractivity contribution in [2.24, 2.45) is 5.92 Å². The summed E-state index contributed by atoms with van der Waals surface area (Å²) in [6.07, 6.45) is 1.26. The molecule has 2 atom stereocenters. The number of nitrogens with one attached hydrogen (secondary N) is 1. The summed E-state index contributed by atoms with van der Waals surface area (Å²) < 4.78 is 0. The average Bonchev–Trinajstić information content (AvgIpc) is 2.89. The van der Waals surface area contributed by atoms with Gasteiger partial charge in [-0.15, -0.1) is 0 Å². The Morgan fingerprint density at radius 3 is 2.40 bits per heavy atom. The Morgan fingerprint density at radius 1 is 1.28 bits per heavy atom. The van der Waals surface area contributed by atoms with Crippen LogP contribution in [-0.2, 0) is 20.8 Å². The van der Waals surface area contributed by atoms with Gasteiger partial charge in [0.05, 0.1) is 5.92 Å². The standard InChI is InChI=1S/C18H22N2O5/c1-3-11(2)20(10-16(22)23)18(25)13-6-4-12(5-7-13)8-14-9-15(21)19-17(14)24/h4-7,11,14H,3,8-10H2,1-2H3,(H,22,23)(H,19,21,24). The molecule has 1 fully saturated rings. The number of carboxylic acids is 1. The number of amides is 3. The number of aliphatic carboxylic acids is 1. The molecular weight excluding hydrogens is 324 g/mol. The highest BCUT2D eigenvalue weighted by atomic mass is 16.4. The van der Waals surface area contributed by atoms with Crippen molar-refractivity contribution in [3.05, 3.63) is 35.4 Å². The quantitative estimate of drug-likeness (QED) is 0.723. The fraction of sp³-hybridized carbons (Fsp3) is 0.444. The summed E-state index contributed by atoms with van der Waals surface area (Å²) in [5.41, 5.74) is 1.25. The lowest BCUT2D eigenvalue weighted by molar-refractivity contribution is -0.138. The fourth-order valence-electron chi connectivity index (χ4n) is 2.80. The maximum Gasteiger partial charge on any atom is 0.323 e. The normalized spacial score (nSPS) is 17.9. The van der Waals surface area contributed by atoms with Gasteiger partial charge in [-0.1, -0.05) is 19.1 Å². The van der Waals surface area contributed by atoms with Gasteiger partial charge in [0.25, 0.3) is 5.91 Å².